The van der Waals surface area contributed by atoms with Crippen LogP contribution in [0.25, 0.3) is 0 Å². The van der Waals surface area contributed by atoms with Gasteiger partial charge in [-0.25, -0.2) is 9.80 Å². The molecule has 2 N–H and O–H groups in total. The Balaban J connectivity index is 2.16. The first-order valence-electron chi connectivity index (χ1n) is 6.94. The van der Waals surface area contributed by atoms with Gasteiger partial charge < -0.3 is 15.2 Å². The van der Waals surface area contributed by atoms with Crippen LogP contribution in [-0.2, 0) is 14.4 Å². The van der Waals surface area contributed by atoms with E-state index in [4.69, 9.17) is 4.74 Å². The molecule has 1 atom stereocenters. The highest BCUT2D eigenvalue weighted by Crippen LogP contribution is 2.18. The fourth-order valence-corrected chi connectivity index (χ4v) is 2.13. The van der Waals surface area contributed by atoms with Crippen LogP contribution in [-0.4, -0.2) is 47.8 Å². The Morgan fingerprint density at radius 1 is 1.30 bits per heavy atom. The van der Waals surface area contributed by atoms with Crippen LogP contribution in [0, 0.1) is 0 Å². The summed E-state index contributed by atoms with van der Waals surface area (Å²) in [6.07, 6.45) is 0.354. The third-order valence-corrected chi connectivity index (χ3v) is 3.44. The van der Waals surface area contributed by atoms with E-state index in [1.54, 1.807) is 24.3 Å². The second-order valence-electron chi connectivity index (χ2n) is 4.98. The summed E-state index contributed by atoms with van der Waals surface area (Å²) in [6.45, 7) is 0. The van der Waals surface area contributed by atoms with Crippen LogP contribution in [0.4, 0.5) is 0 Å². The zero-order valence-electron chi connectivity index (χ0n) is 12.8. The maximum Gasteiger partial charge on any atom is 0.330 e. The van der Waals surface area contributed by atoms with Crippen molar-refractivity contribution < 1.29 is 24.2 Å². The Kier molecular flexibility index (Phi) is 4.95. The second-order valence-corrected chi connectivity index (χ2v) is 4.98. The molecule has 1 aliphatic rings. The van der Waals surface area contributed by atoms with E-state index in [1.165, 1.54) is 14.2 Å². The van der Waals surface area contributed by atoms with Gasteiger partial charge in [-0.3, -0.25) is 9.59 Å². The summed E-state index contributed by atoms with van der Waals surface area (Å²) in [5, 5.41) is 16.7. The van der Waals surface area contributed by atoms with Gasteiger partial charge in [0.15, 0.2) is 6.04 Å². The Bertz CT molecular complexity index is 654. The van der Waals surface area contributed by atoms with Crippen molar-refractivity contribution in [3.8, 4) is 5.75 Å². The van der Waals surface area contributed by atoms with Crippen LogP contribution in [0.1, 0.15) is 24.4 Å². The third kappa shape index (κ3) is 3.85. The maximum atomic E-state index is 12.2. The van der Waals surface area contributed by atoms with Crippen molar-refractivity contribution in [2.75, 3.05) is 14.2 Å². The van der Waals surface area contributed by atoms with E-state index in [0.29, 0.717) is 11.3 Å². The molecule has 0 saturated carbocycles. The van der Waals surface area contributed by atoms with Gasteiger partial charge in [0.25, 0.3) is 5.91 Å². The van der Waals surface area contributed by atoms with Crippen molar-refractivity contribution in [3.63, 3.8) is 0 Å². The normalized spacial score (nSPS) is 15.7. The fraction of sp³-hybridized carbons (Fsp3) is 0.333. The van der Waals surface area contributed by atoms with Gasteiger partial charge >= 0.3 is 5.97 Å². The minimum absolute atomic E-state index is 0.131. The van der Waals surface area contributed by atoms with Crippen LogP contribution < -0.4 is 10.1 Å². The van der Waals surface area contributed by atoms with E-state index in [0.717, 1.165) is 5.01 Å². The number of carboxylic acid groups (broad SMARTS) is 1. The zero-order chi connectivity index (χ0) is 17.0. The molecule has 0 spiro atoms. The SMILES string of the molecule is COc1ccc([C@@H](NC(=O)C2=NN(C)C(=O)CC2)C(=O)O)cc1. The molecule has 0 bridgehead atoms. The Labute approximate surface area is 132 Å². The number of benzene rings is 1. The predicted molar refractivity (Wildman–Crippen MR) is 81.0 cm³/mol. The lowest BCUT2D eigenvalue weighted by molar-refractivity contribution is -0.141. The van der Waals surface area contributed by atoms with E-state index in [9.17, 15) is 19.5 Å². The molecule has 0 saturated heterocycles. The Morgan fingerprint density at radius 2 is 1.96 bits per heavy atom. The van der Waals surface area contributed by atoms with Crippen LogP contribution in [0.3, 0.4) is 0 Å². The molecule has 122 valence electrons. The molecule has 2 rings (SSSR count). The molecule has 0 radical (unpaired) electrons. The number of amides is 2. The van der Waals surface area contributed by atoms with Crippen molar-refractivity contribution in [2.45, 2.75) is 18.9 Å². The number of carbonyl (C=O) groups excluding carboxylic acids is 2. The van der Waals surface area contributed by atoms with Gasteiger partial charge in [-0.05, 0) is 17.7 Å². The lowest BCUT2D eigenvalue weighted by atomic mass is 10.1. The molecule has 2 amide bonds. The molecule has 1 heterocycles. The van der Waals surface area contributed by atoms with Crippen molar-refractivity contribution in [3.05, 3.63) is 29.8 Å². The molecule has 23 heavy (non-hydrogen) atoms. The zero-order valence-corrected chi connectivity index (χ0v) is 12.8. The molecular formula is C15H17N3O5. The number of hydrazone groups is 1. The average Bonchev–Trinajstić information content (AvgIpc) is 2.54. The largest absolute Gasteiger partial charge is 0.497 e. The topological polar surface area (TPSA) is 108 Å². The number of hydrogen-bond donors (Lipinski definition) is 2. The second kappa shape index (κ2) is 6.91. The number of methoxy groups -OCH3 is 1. The van der Waals surface area contributed by atoms with E-state index in [2.05, 4.69) is 10.4 Å². The van der Waals surface area contributed by atoms with Gasteiger partial charge in [-0.15, -0.1) is 0 Å². The number of ether oxygens (including phenoxy) is 1. The van der Waals surface area contributed by atoms with Crippen LogP contribution >= 0.6 is 0 Å². The molecule has 0 fully saturated rings. The van der Waals surface area contributed by atoms with Crippen LogP contribution in [0.2, 0.25) is 0 Å². The van der Waals surface area contributed by atoms with Crippen molar-refractivity contribution in [1.29, 1.82) is 0 Å². The summed E-state index contributed by atoms with van der Waals surface area (Å²) in [5.41, 5.74) is 0.541. The minimum Gasteiger partial charge on any atom is -0.497 e. The maximum absolute atomic E-state index is 12.2. The van der Waals surface area contributed by atoms with E-state index >= 15 is 0 Å². The standard InChI is InChI=1S/C15H17N3O5/c1-18-12(19)8-7-11(17-18)14(20)16-13(15(21)22)9-3-5-10(23-2)6-4-9/h3-6,13H,7-8H2,1-2H3,(H,16,20)(H,21,22)/t13-/m1/s1. The Hall–Kier alpha value is -2.90. The van der Waals surface area contributed by atoms with Crippen molar-refractivity contribution in [2.24, 2.45) is 5.10 Å². The van der Waals surface area contributed by atoms with Crippen molar-refractivity contribution >= 4 is 23.5 Å². The van der Waals surface area contributed by atoms with Gasteiger partial charge in [0, 0.05) is 19.9 Å². The summed E-state index contributed by atoms with van der Waals surface area (Å²) in [6, 6.07) is 5.15. The molecule has 1 aliphatic heterocycles. The molecule has 0 aromatic heterocycles. The smallest absolute Gasteiger partial charge is 0.330 e. The number of rotatable bonds is 5. The van der Waals surface area contributed by atoms with Gasteiger partial charge in [-0.2, -0.15) is 5.10 Å². The van der Waals surface area contributed by atoms with Gasteiger partial charge in [-0.1, -0.05) is 12.1 Å². The van der Waals surface area contributed by atoms with E-state index in [1.807, 2.05) is 0 Å². The fourth-order valence-electron chi connectivity index (χ4n) is 2.13. The quantitative estimate of drug-likeness (QED) is 0.823. The minimum atomic E-state index is -1.21. The summed E-state index contributed by atoms with van der Waals surface area (Å²) in [5.74, 6) is -1.40. The number of hydrogen-bond acceptors (Lipinski definition) is 5. The number of carbonyl (C=O) groups is 3. The first-order chi connectivity index (χ1) is 10.9. The Morgan fingerprint density at radius 3 is 2.48 bits per heavy atom. The molecule has 1 aromatic carbocycles. The third-order valence-electron chi connectivity index (χ3n) is 3.44. The van der Waals surface area contributed by atoms with E-state index in [-0.39, 0.29) is 24.5 Å². The monoisotopic (exact) mass is 319 g/mol. The summed E-state index contributed by atoms with van der Waals surface area (Å²) in [4.78, 5) is 35.0. The highest BCUT2D eigenvalue weighted by Gasteiger charge is 2.27. The first kappa shape index (κ1) is 16.5. The molecular weight excluding hydrogens is 302 g/mol. The first-order valence-corrected chi connectivity index (χ1v) is 6.94. The molecule has 8 heteroatoms. The summed E-state index contributed by atoms with van der Waals surface area (Å²) in [7, 11) is 2.96. The predicted octanol–water partition coefficient (Wildman–Crippen LogP) is 0.545. The van der Waals surface area contributed by atoms with E-state index < -0.39 is 17.9 Å². The van der Waals surface area contributed by atoms with Crippen LogP contribution in [0.5, 0.6) is 5.75 Å². The molecule has 0 aliphatic carbocycles. The average molecular weight is 319 g/mol. The lowest BCUT2D eigenvalue weighted by Crippen LogP contribution is -2.41. The van der Waals surface area contributed by atoms with Gasteiger partial charge in [0.1, 0.15) is 11.5 Å². The highest BCUT2D eigenvalue weighted by atomic mass is 16.5. The number of carboxylic acids is 1. The van der Waals surface area contributed by atoms with Gasteiger partial charge in [0.2, 0.25) is 5.91 Å². The highest BCUT2D eigenvalue weighted by molar-refractivity contribution is 6.39. The summed E-state index contributed by atoms with van der Waals surface area (Å²) >= 11 is 0. The number of aliphatic carboxylic acids is 1. The van der Waals surface area contributed by atoms with Crippen molar-refractivity contribution in [1.82, 2.24) is 10.3 Å². The molecule has 1 aromatic rings. The number of nitrogens with one attached hydrogen (secondary N) is 1. The van der Waals surface area contributed by atoms with Gasteiger partial charge in [0.05, 0.1) is 7.11 Å². The molecule has 0 unspecified atom stereocenters. The van der Waals surface area contributed by atoms with Crippen LogP contribution in [0.15, 0.2) is 29.4 Å². The molecule has 8 nitrogen and oxygen atoms in total. The summed E-state index contributed by atoms with van der Waals surface area (Å²) < 4.78 is 5.02. The number of nitrogens with zero attached hydrogens (tertiary/aromatic N) is 2. The lowest BCUT2D eigenvalue weighted by Gasteiger charge is -2.21.